The fraction of sp³-hybridized carbons (Fsp3) is 0.500. The van der Waals surface area contributed by atoms with E-state index < -0.39 is 11.7 Å². The summed E-state index contributed by atoms with van der Waals surface area (Å²) in [7, 11) is 1.33. The van der Waals surface area contributed by atoms with E-state index in [0.717, 1.165) is 30.7 Å². The molecule has 0 saturated carbocycles. The highest BCUT2D eigenvalue weighted by molar-refractivity contribution is 7.99. The quantitative estimate of drug-likeness (QED) is 0.682. The number of hydrogen-bond donors (Lipinski definition) is 1. The van der Waals surface area contributed by atoms with E-state index in [1.165, 1.54) is 19.2 Å². The van der Waals surface area contributed by atoms with Crippen LogP contribution in [0.25, 0.3) is 0 Å². The van der Waals surface area contributed by atoms with Gasteiger partial charge in [0.25, 0.3) is 0 Å². The Balaban J connectivity index is 2.18. The van der Waals surface area contributed by atoms with Crippen LogP contribution in [0.15, 0.2) is 23.2 Å². The van der Waals surface area contributed by atoms with Gasteiger partial charge in [-0.1, -0.05) is 6.07 Å². The van der Waals surface area contributed by atoms with E-state index in [1.54, 1.807) is 0 Å². The molecule has 22 heavy (non-hydrogen) atoms. The molecule has 0 aromatic heterocycles. The highest BCUT2D eigenvalue weighted by atomic mass is 32.2. The molecule has 0 amide bonds. The number of rotatable bonds is 3. The van der Waals surface area contributed by atoms with Crippen molar-refractivity contribution >= 4 is 17.7 Å². The van der Waals surface area contributed by atoms with Gasteiger partial charge in [0.1, 0.15) is 5.75 Å². The number of guanidine groups is 1. The van der Waals surface area contributed by atoms with Crippen LogP contribution >= 0.6 is 11.8 Å². The van der Waals surface area contributed by atoms with Crippen molar-refractivity contribution in [1.29, 1.82) is 0 Å². The average Bonchev–Trinajstić information content (AvgIpc) is 2.52. The van der Waals surface area contributed by atoms with Crippen molar-refractivity contribution in [2.24, 2.45) is 10.7 Å². The Morgan fingerprint density at radius 3 is 2.64 bits per heavy atom. The van der Waals surface area contributed by atoms with Crippen molar-refractivity contribution in [3.05, 3.63) is 29.3 Å². The first-order chi connectivity index (χ1) is 10.4. The first kappa shape index (κ1) is 16.8. The van der Waals surface area contributed by atoms with Crippen LogP contribution in [0.1, 0.15) is 11.1 Å². The molecule has 1 aliphatic rings. The van der Waals surface area contributed by atoms with Crippen molar-refractivity contribution in [2.75, 3.05) is 31.7 Å². The van der Waals surface area contributed by atoms with Gasteiger partial charge in [-0.3, -0.25) is 0 Å². The summed E-state index contributed by atoms with van der Waals surface area (Å²) in [5.41, 5.74) is 5.22. The molecule has 1 aliphatic heterocycles. The van der Waals surface area contributed by atoms with Crippen molar-refractivity contribution in [3.8, 4) is 5.75 Å². The molecule has 122 valence electrons. The number of ether oxygens (including phenoxy) is 1. The second kappa shape index (κ2) is 7.13. The number of halogens is 3. The van der Waals surface area contributed by atoms with Gasteiger partial charge in [-0.25, -0.2) is 4.99 Å². The molecular weight excluding hydrogens is 315 g/mol. The molecule has 0 atom stereocenters. The van der Waals surface area contributed by atoms with Crippen LogP contribution in [0, 0.1) is 0 Å². The van der Waals surface area contributed by atoms with E-state index in [2.05, 4.69) is 4.99 Å². The Hall–Kier alpha value is -1.57. The molecule has 2 rings (SSSR count). The van der Waals surface area contributed by atoms with Gasteiger partial charge >= 0.3 is 6.18 Å². The van der Waals surface area contributed by atoms with Crippen LogP contribution < -0.4 is 10.5 Å². The zero-order valence-corrected chi connectivity index (χ0v) is 13.0. The van der Waals surface area contributed by atoms with Gasteiger partial charge in [0.2, 0.25) is 0 Å². The Kier molecular flexibility index (Phi) is 5.44. The lowest BCUT2D eigenvalue weighted by molar-refractivity contribution is -0.138. The van der Waals surface area contributed by atoms with Gasteiger partial charge in [-0.2, -0.15) is 24.9 Å². The number of alkyl halides is 3. The molecule has 0 bridgehead atoms. The Morgan fingerprint density at radius 1 is 1.36 bits per heavy atom. The molecule has 1 aromatic carbocycles. The highest BCUT2D eigenvalue weighted by Gasteiger charge is 2.33. The normalized spacial score (nSPS) is 16.7. The summed E-state index contributed by atoms with van der Waals surface area (Å²) >= 11 is 1.83. The molecule has 2 N–H and O–H groups in total. The minimum absolute atomic E-state index is 0.0858. The van der Waals surface area contributed by atoms with E-state index in [-0.39, 0.29) is 17.9 Å². The first-order valence-corrected chi connectivity index (χ1v) is 7.94. The molecule has 1 heterocycles. The molecule has 0 spiro atoms. The van der Waals surface area contributed by atoms with Crippen molar-refractivity contribution < 1.29 is 17.9 Å². The summed E-state index contributed by atoms with van der Waals surface area (Å²) in [5.74, 6) is 2.37. The molecule has 1 fully saturated rings. The molecule has 4 nitrogen and oxygen atoms in total. The number of nitrogens with two attached hydrogens (primary N) is 1. The maximum absolute atomic E-state index is 13.1. The Labute approximate surface area is 131 Å². The smallest absolute Gasteiger partial charge is 0.416 e. The van der Waals surface area contributed by atoms with E-state index >= 15 is 0 Å². The van der Waals surface area contributed by atoms with Crippen LogP contribution in [-0.2, 0) is 12.7 Å². The molecule has 1 aromatic rings. The number of aliphatic imine (C=N–C) groups is 1. The van der Waals surface area contributed by atoms with Gasteiger partial charge < -0.3 is 15.4 Å². The summed E-state index contributed by atoms with van der Waals surface area (Å²) in [6.07, 6.45) is -4.45. The van der Waals surface area contributed by atoms with E-state index in [4.69, 9.17) is 10.5 Å². The third kappa shape index (κ3) is 4.22. The van der Waals surface area contributed by atoms with Crippen molar-refractivity contribution in [2.45, 2.75) is 12.7 Å². The predicted molar refractivity (Wildman–Crippen MR) is 82.2 cm³/mol. The maximum Gasteiger partial charge on any atom is 0.416 e. The Bertz CT molecular complexity index is 543. The minimum Gasteiger partial charge on any atom is -0.497 e. The van der Waals surface area contributed by atoms with E-state index in [0.29, 0.717) is 5.96 Å². The number of benzene rings is 1. The van der Waals surface area contributed by atoms with Crippen LogP contribution in [0.3, 0.4) is 0 Å². The number of methoxy groups -OCH3 is 1. The largest absolute Gasteiger partial charge is 0.497 e. The van der Waals surface area contributed by atoms with Crippen LogP contribution in [0.2, 0.25) is 0 Å². The van der Waals surface area contributed by atoms with Gasteiger partial charge in [0.05, 0.1) is 19.2 Å². The summed E-state index contributed by atoms with van der Waals surface area (Å²) in [6.45, 7) is 1.44. The van der Waals surface area contributed by atoms with Gasteiger partial charge in [0.15, 0.2) is 5.96 Å². The van der Waals surface area contributed by atoms with Crippen molar-refractivity contribution in [3.63, 3.8) is 0 Å². The predicted octanol–water partition coefficient (Wildman–Crippen LogP) is 2.58. The van der Waals surface area contributed by atoms with Crippen LogP contribution in [0.5, 0.6) is 5.75 Å². The summed E-state index contributed by atoms with van der Waals surface area (Å²) in [5, 5.41) is 0. The molecule has 0 unspecified atom stereocenters. The van der Waals surface area contributed by atoms with Crippen LogP contribution in [-0.4, -0.2) is 42.6 Å². The zero-order chi connectivity index (χ0) is 16.2. The molecule has 1 saturated heterocycles. The van der Waals surface area contributed by atoms with Crippen LogP contribution in [0.4, 0.5) is 13.2 Å². The third-order valence-corrected chi connectivity index (χ3v) is 4.31. The molecule has 8 heteroatoms. The molecular formula is C14H18F3N3OS. The number of thioether (sulfide) groups is 1. The van der Waals surface area contributed by atoms with Gasteiger partial charge in [-0.15, -0.1) is 0 Å². The number of nitrogens with zero attached hydrogens (tertiary/aromatic N) is 2. The van der Waals surface area contributed by atoms with Gasteiger partial charge in [0, 0.05) is 24.6 Å². The fourth-order valence-corrected chi connectivity index (χ4v) is 3.05. The standard InChI is InChI=1S/C14H18F3N3OS/c1-21-11-3-2-10(12(8-11)14(15,16)17)9-19-13(18)20-4-6-22-7-5-20/h2-3,8H,4-7,9H2,1H3,(H2,18,19). The maximum atomic E-state index is 13.1. The second-order valence-corrected chi connectivity index (χ2v) is 6.02. The lowest BCUT2D eigenvalue weighted by Gasteiger charge is -2.27. The fourth-order valence-electron chi connectivity index (χ4n) is 2.14. The third-order valence-electron chi connectivity index (χ3n) is 3.37. The molecule has 0 radical (unpaired) electrons. The monoisotopic (exact) mass is 333 g/mol. The SMILES string of the molecule is COc1ccc(CN=C(N)N2CCSCC2)c(C(F)(F)F)c1. The topological polar surface area (TPSA) is 50.9 Å². The lowest BCUT2D eigenvalue weighted by Crippen LogP contribution is -2.42. The van der Waals surface area contributed by atoms with Crippen molar-refractivity contribution in [1.82, 2.24) is 4.90 Å². The zero-order valence-electron chi connectivity index (χ0n) is 12.2. The van der Waals surface area contributed by atoms with E-state index in [1.807, 2.05) is 16.7 Å². The minimum atomic E-state index is -4.45. The first-order valence-electron chi connectivity index (χ1n) is 6.78. The highest BCUT2D eigenvalue weighted by Crippen LogP contribution is 2.34. The summed E-state index contributed by atoms with van der Waals surface area (Å²) < 4.78 is 44.1. The van der Waals surface area contributed by atoms with E-state index in [9.17, 15) is 13.2 Å². The average molecular weight is 333 g/mol. The number of hydrogen-bond acceptors (Lipinski definition) is 3. The summed E-state index contributed by atoms with van der Waals surface area (Å²) in [6, 6.07) is 3.86. The molecule has 0 aliphatic carbocycles. The summed E-state index contributed by atoms with van der Waals surface area (Å²) in [4.78, 5) is 6.01. The lowest BCUT2D eigenvalue weighted by atomic mass is 10.1. The van der Waals surface area contributed by atoms with Gasteiger partial charge in [-0.05, 0) is 17.7 Å². The Morgan fingerprint density at radius 2 is 2.05 bits per heavy atom. The second-order valence-electron chi connectivity index (χ2n) is 4.79.